The van der Waals surface area contributed by atoms with Crippen LogP contribution in [0.4, 0.5) is 18.9 Å². The van der Waals surface area contributed by atoms with Crippen molar-refractivity contribution in [1.82, 2.24) is 4.98 Å². The average molecular weight is 219 g/mol. The minimum atomic E-state index is -4.98. The molecule has 0 saturated carbocycles. The fourth-order valence-corrected chi connectivity index (χ4v) is 0.808. The standard InChI is InChI=1S/C7H4F3N3O2/c8-7(9,10)15-6-3(2-11)1-4(12)5(14)13-6/h1H,12H2,(H,13,14). The summed E-state index contributed by atoms with van der Waals surface area (Å²) in [7, 11) is 0. The lowest BCUT2D eigenvalue weighted by Crippen LogP contribution is -2.22. The van der Waals surface area contributed by atoms with Gasteiger partial charge in [-0.3, -0.25) is 9.78 Å². The summed E-state index contributed by atoms with van der Waals surface area (Å²) >= 11 is 0. The molecule has 0 aromatic carbocycles. The van der Waals surface area contributed by atoms with E-state index in [4.69, 9.17) is 11.0 Å². The molecule has 0 amide bonds. The van der Waals surface area contributed by atoms with Crippen molar-refractivity contribution in [2.75, 3.05) is 5.73 Å². The van der Waals surface area contributed by atoms with Gasteiger partial charge in [0, 0.05) is 0 Å². The number of anilines is 1. The number of nitrogens with zero attached hydrogens (tertiary/aromatic N) is 1. The number of hydrogen-bond donors (Lipinski definition) is 2. The summed E-state index contributed by atoms with van der Waals surface area (Å²) in [6.45, 7) is 0. The second-order valence-corrected chi connectivity index (χ2v) is 2.46. The summed E-state index contributed by atoms with van der Waals surface area (Å²) in [4.78, 5) is 12.6. The Hall–Kier alpha value is -2.17. The van der Waals surface area contributed by atoms with Gasteiger partial charge in [-0.1, -0.05) is 0 Å². The average Bonchev–Trinajstić information content (AvgIpc) is 2.08. The van der Waals surface area contributed by atoms with Crippen LogP contribution >= 0.6 is 0 Å². The van der Waals surface area contributed by atoms with Crippen molar-refractivity contribution in [2.45, 2.75) is 6.36 Å². The number of aromatic nitrogens is 1. The highest BCUT2D eigenvalue weighted by Gasteiger charge is 2.32. The monoisotopic (exact) mass is 219 g/mol. The molecular weight excluding hydrogens is 215 g/mol. The van der Waals surface area contributed by atoms with Crippen molar-refractivity contribution < 1.29 is 17.9 Å². The molecule has 80 valence electrons. The smallest absolute Gasteiger partial charge is 0.394 e. The molecular formula is C7H4F3N3O2. The molecule has 0 aliphatic carbocycles. The molecule has 1 aromatic heterocycles. The number of nitrogen functional groups attached to an aromatic ring is 1. The summed E-state index contributed by atoms with van der Waals surface area (Å²) in [6, 6.07) is 2.22. The van der Waals surface area contributed by atoms with E-state index >= 15 is 0 Å². The maximum Gasteiger partial charge on any atom is 0.574 e. The molecule has 0 atom stereocenters. The van der Waals surface area contributed by atoms with Crippen molar-refractivity contribution in [3.8, 4) is 11.9 Å². The molecule has 5 nitrogen and oxygen atoms in total. The third-order valence-corrected chi connectivity index (χ3v) is 1.37. The maximum absolute atomic E-state index is 11.8. The topological polar surface area (TPSA) is 91.9 Å². The molecule has 3 N–H and O–H groups in total. The Labute approximate surface area is 80.9 Å². The van der Waals surface area contributed by atoms with Crippen LogP contribution in [0.3, 0.4) is 0 Å². The van der Waals surface area contributed by atoms with E-state index in [9.17, 15) is 18.0 Å². The third-order valence-electron chi connectivity index (χ3n) is 1.37. The number of alkyl halides is 3. The predicted octanol–water partition coefficient (Wildman–Crippen LogP) is 0.727. The molecule has 8 heteroatoms. The Morgan fingerprint density at radius 1 is 1.53 bits per heavy atom. The van der Waals surface area contributed by atoms with Crippen LogP contribution < -0.4 is 16.0 Å². The largest absolute Gasteiger partial charge is 0.574 e. The van der Waals surface area contributed by atoms with E-state index < -0.39 is 23.4 Å². The van der Waals surface area contributed by atoms with Gasteiger partial charge < -0.3 is 10.5 Å². The van der Waals surface area contributed by atoms with Gasteiger partial charge >= 0.3 is 6.36 Å². The van der Waals surface area contributed by atoms with Crippen molar-refractivity contribution in [3.05, 3.63) is 22.0 Å². The number of nitriles is 1. The fourth-order valence-electron chi connectivity index (χ4n) is 0.808. The zero-order valence-corrected chi connectivity index (χ0v) is 7.05. The molecule has 1 aromatic rings. The summed E-state index contributed by atoms with van der Waals surface area (Å²) in [5.41, 5.74) is 3.29. The molecule has 0 aliphatic rings. The zero-order valence-electron chi connectivity index (χ0n) is 7.05. The first kappa shape index (κ1) is 10.9. The molecule has 0 spiro atoms. The number of hydrogen-bond acceptors (Lipinski definition) is 4. The van der Waals surface area contributed by atoms with Gasteiger partial charge in [-0.05, 0) is 6.07 Å². The number of rotatable bonds is 1. The number of H-pyrrole nitrogens is 1. The van der Waals surface area contributed by atoms with E-state index in [0.717, 1.165) is 6.07 Å². The van der Waals surface area contributed by atoms with Crippen molar-refractivity contribution in [3.63, 3.8) is 0 Å². The summed E-state index contributed by atoms with van der Waals surface area (Å²) in [5, 5.41) is 8.46. The van der Waals surface area contributed by atoms with Crippen LogP contribution in [0.15, 0.2) is 10.9 Å². The third kappa shape index (κ3) is 2.63. The summed E-state index contributed by atoms with van der Waals surface area (Å²) in [6.07, 6.45) is -4.98. The van der Waals surface area contributed by atoms with Gasteiger partial charge in [0.05, 0.1) is 5.69 Å². The van der Waals surface area contributed by atoms with Crippen molar-refractivity contribution in [1.29, 1.82) is 5.26 Å². The van der Waals surface area contributed by atoms with Gasteiger partial charge in [0.1, 0.15) is 11.6 Å². The SMILES string of the molecule is N#Cc1cc(N)c(=O)[nH]c1OC(F)(F)F. The maximum atomic E-state index is 11.8. The molecule has 0 fully saturated rings. The highest BCUT2D eigenvalue weighted by atomic mass is 19.4. The first-order chi connectivity index (χ1) is 6.83. The predicted molar refractivity (Wildman–Crippen MR) is 42.9 cm³/mol. The van der Waals surface area contributed by atoms with Crippen LogP contribution in [0.1, 0.15) is 5.56 Å². The quantitative estimate of drug-likeness (QED) is 0.728. The van der Waals surface area contributed by atoms with E-state index in [1.165, 1.54) is 6.07 Å². The number of aromatic amines is 1. The van der Waals surface area contributed by atoms with E-state index in [0.29, 0.717) is 0 Å². The van der Waals surface area contributed by atoms with Gasteiger partial charge in [-0.25, -0.2) is 0 Å². The van der Waals surface area contributed by atoms with Gasteiger partial charge in [0.15, 0.2) is 0 Å². The Bertz CT molecular complexity index is 472. The lowest BCUT2D eigenvalue weighted by Gasteiger charge is -2.09. The highest BCUT2D eigenvalue weighted by Crippen LogP contribution is 2.23. The fraction of sp³-hybridized carbons (Fsp3) is 0.143. The number of pyridine rings is 1. The number of ether oxygens (including phenoxy) is 1. The second kappa shape index (κ2) is 3.53. The molecule has 0 aliphatic heterocycles. The number of halogens is 3. The number of nitrogens with two attached hydrogens (primary N) is 1. The highest BCUT2D eigenvalue weighted by molar-refractivity contribution is 5.48. The van der Waals surface area contributed by atoms with E-state index in [-0.39, 0.29) is 5.69 Å². The van der Waals surface area contributed by atoms with Crippen LogP contribution in [0.2, 0.25) is 0 Å². The molecule has 0 unspecified atom stereocenters. The molecule has 0 radical (unpaired) electrons. The number of nitrogens with one attached hydrogen (secondary N) is 1. The van der Waals surface area contributed by atoms with Gasteiger partial charge in [-0.2, -0.15) is 5.26 Å². The zero-order chi connectivity index (χ0) is 11.6. The van der Waals surface area contributed by atoms with E-state index in [1.54, 1.807) is 4.98 Å². The lowest BCUT2D eigenvalue weighted by atomic mass is 10.3. The van der Waals surface area contributed by atoms with E-state index in [2.05, 4.69) is 4.74 Å². The second-order valence-electron chi connectivity index (χ2n) is 2.46. The summed E-state index contributed by atoms with van der Waals surface area (Å²) < 4.78 is 38.8. The van der Waals surface area contributed by atoms with Gasteiger partial charge in [-0.15, -0.1) is 13.2 Å². The van der Waals surface area contributed by atoms with Gasteiger partial charge in [0.2, 0.25) is 5.88 Å². The van der Waals surface area contributed by atoms with Crippen LogP contribution in [-0.2, 0) is 0 Å². The van der Waals surface area contributed by atoms with Crippen LogP contribution in [-0.4, -0.2) is 11.3 Å². The van der Waals surface area contributed by atoms with Crippen molar-refractivity contribution >= 4 is 5.69 Å². The molecule has 15 heavy (non-hydrogen) atoms. The summed E-state index contributed by atoms with van der Waals surface area (Å²) in [5.74, 6) is -0.968. The van der Waals surface area contributed by atoms with Crippen LogP contribution in [0.5, 0.6) is 5.88 Å². The Balaban J connectivity index is 3.24. The Morgan fingerprint density at radius 3 is 2.60 bits per heavy atom. The van der Waals surface area contributed by atoms with Crippen LogP contribution in [0, 0.1) is 11.3 Å². The molecule has 1 rings (SSSR count). The van der Waals surface area contributed by atoms with Crippen LogP contribution in [0.25, 0.3) is 0 Å². The van der Waals surface area contributed by atoms with Gasteiger partial charge in [0.25, 0.3) is 5.56 Å². The normalized spacial score (nSPS) is 10.8. The first-order valence-corrected chi connectivity index (χ1v) is 3.52. The minimum Gasteiger partial charge on any atom is -0.394 e. The molecule has 0 saturated heterocycles. The Morgan fingerprint density at radius 2 is 2.13 bits per heavy atom. The first-order valence-electron chi connectivity index (χ1n) is 3.52. The van der Waals surface area contributed by atoms with E-state index in [1.807, 2.05) is 0 Å². The molecule has 1 heterocycles. The lowest BCUT2D eigenvalue weighted by molar-refractivity contribution is -0.276. The molecule has 0 bridgehead atoms. The minimum absolute atomic E-state index is 0.360. The Kier molecular flexibility index (Phi) is 2.57. The van der Waals surface area contributed by atoms with Crippen molar-refractivity contribution in [2.24, 2.45) is 0 Å².